The fraction of sp³-hybridized carbons (Fsp3) is 0.455. The van der Waals surface area contributed by atoms with E-state index in [4.69, 9.17) is 5.73 Å². The topological polar surface area (TPSA) is 75.7 Å². The van der Waals surface area contributed by atoms with E-state index in [-0.39, 0.29) is 35.9 Å². The number of aliphatic hydroxyl groups is 2. The van der Waals surface area contributed by atoms with Crippen LogP contribution in [0.1, 0.15) is 29.5 Å². The molecule has 34 heavy (non-hydrogen) atoms. The van der Waals surface area contributed by atoms with E-state index < -0.39 is 36.9 Å². The summed E-state index contributed by atoms with van der Waals surface area (Å²) in [6, 6.07) is 9.36. The number of hydrogen-bond donors (Lipinski definition) is 3. The first kappa shape index (κ1) is 30.4. The number of benzene rings is 2. The molecule has 192 valence electrons. The first-order valence-corrected chi connectivity index (χ1v) is 11.0. The largest absolute Gasteiger partial charge is 0.573 e. The molecule has 12 heteroatoms. The second-order valence-corrected chi connectivity index (χ2v) is 8.79. The molecule has 0 spiro atoms. The van der Waals surface area contributed by atoms with Gasteiger partial charge in [0.1, 0.15) is 5.75 Å². The Morgan fingerprint density at radius 1 is 0.853 bits per heavy atom. The lowest BCUT2D eigenvalue weighted by Crippen LogP contribution is -2.47. The van der Waals surface area contributed by atoms with Crippen LogP contribution < -0.4 is 10.5 Å². The molecule has 0 atom stereocenters. The highest BCUT2D eigenvalue weighted by molar-refractivity contribution is 7.99. The Bertz CT molecular complexity index is 890. The van der Waals surface area contributed by atoms with Gasteiger partial charge in [0, 0.05) is 4.90 Å². The number of thioether (sulfide) groups is 1. The van der Waals surface area contributed by atoms with Gasteiger partial charge < -0.3 is 20.7 Å². The van der Waals surface area contributed by atoms with Crippen LogP contribution in [0.15, 0.2) is 47.4 Å². The van der Waals surface area contributed by atoms with Gasteiger partial charge in [-0.05, 0) is 66.8 Å². The van der Waals surface area contributed by atoms with Crippen LogP contribution in [0, 0.1) is 0 Å². The van der Waals surface area contributed by atoms with Crippen LogP contribution in [-0.2, 0) is 19.0 Å². The lowest BCUT2D eigenvalue weighted by atomic mass is 9.93. The predicted molar refractivity (Wildman–Crippen MR) is 120 cm³/mol. The highest BCUT2D eigenvalue weighted by Crippen LogP contribution is 2.38. The molecule has 0 saturated carbocycles. The maximum atomic E-state index is 13.6. The lowest BCUT2D eigenvalue weighted by molar-refractivity contribution is -0.274. The third-order valence-electron chi connectivity index (χ3n) is 4.92. The third kappa shape index (κ3) is 9.91. The van der Waals surface area contributed by atoms with Gasteiger partial charge in [-0.1, -0.05) is 18.2 Å². The second kappa shape index (κ2) is 12.9. The average Bonchev–Trinajstić information content (AvgIpc) is 2.75. The third-order valence-corrected chi connectivity index (χ3v) is 6.07. The summed E-state index contributed by atoms with van der Waals surface area (Å²) in [5.74, 6) is 0.0462. The second-order valence-electron chi connectivity index (χ2n) is 7.65. The minimum atomic E-state index is -4.77. The van der Waals surface area contributed by atoms with E-state index in [9.17, 15) is 36.6 Å². The summed E-state index contributed by atoms with van der Waals surface area (Å²) in [5, 5.41) is 18.5. The van der Waals surface area contributed by atoms with Crippen molar-refractivity contribution in [3.63, 3.8) is 0 Å². The Morgan fingerprint density at radius 2 is 1.44 bits per heavy atom. The molecule has 0 aliphatic carbocycles. The summed E-state index contributed by atoms with van der Waals surface area (Å²) in [6.45, 7) is -0.969. The van der Waals surface area contributed by atoms with E-state index in [0.717, 1.165) is 23.4 Å². The van der Waals surface area contributed by atoms with Crippen LogP contribution in [0.25, 0.3) is 0 Å². The molecule has 0 aliphatic rings. The Labute approximate surface area is 203 Å². The fourth-order valence-corrected chi connectivity index (χ4v) is 4.00. The van der Waals surface area contributed by atoms with Crippen molar-refractivity contribution in [2.24, 2.45) is 5.73 Å². The van der Waals surface area contributed by atoms with Crippen molar-refractivity contribution in [3.05, 3.63) is 59.2 Å². The first-order chi connectivity index (χ1) is 15.3. The molecule has 0 aliphatic heterocycles. The van der Waals surface area contributed by atoms with E-state index in [1.807, 2.05) is 0 Å². The van der Waals surface area contributed by atoms with Gasteiger partial charge in [-0.2, -0.15) is 13.2 Å². The van der Waals surface area contributed by atoms with Crippen LogP contribution in [0.2, 0.25) is 0 Å². The molecule has 0 radical (unpaired) electrons. The smallest absolute Gasteiger partial charge is 0.406 e. The summed E-state index contributed by atoms with van der Waals surface area (Å²) in [4.78, 5) is 0.0727. The molecule has 4 nitrogen and oxygen atoms in total. The van der Waals surface area contributed by atoms with Crippen molar-refractivity contribution in [2.45, 2.75) is 48.7 Å². The zero-order chi connectivity index (χ0) is 24.7. The molecule has 0 unspecified atom stereocenters. The van der Waals surface area contributed by atoms with Crippen LogP contribution in [0.3, 0.4) is 0 Å². The van der Waals surface area contributed by atoms with Crippen molar-refractivity contribution in [1.82, 2.24) is 0 Å². The lowest BCUT2D eigenvalue weighted by Gasteiger charge is -2.24. The molecule has 0 fully saturated rings. The first-order valence-electron chi connectivity index (χ1n) is 10.0. The van der Waals surface area contributed by atoms with Gasteiger partial charge in [0.15, 0.2) is 0 Å². The maximum Gasteiger partial charge on any atom is 0.573 e. The van der Waals surface area contributed by atoms with Crippen LogP contribution >= 0.6 is 24.2 Å². The van der Waals surface area contributed by atoms with Gasteiger partial charge in [0.05, 0.1) is 24.3 Å². The molecule has 0 bridgehead atoms. The minimum Gasteiger partial charge on any atom is -0.406 e. The van der Waals surface area contributed by atoms with Gasteiger partial charge in [0.25, 0.3) is 0 Å². The molecule has 2 aromatic carbocycles. The highest BCUT2D eigenvalue weighted by atomic mass is 35.5. The van der Waals surface area contributed by atoms with Crippen molar-refractivity contribution >= 4 is 24.2 Å². The number of aryl methyl sites for hydroxylation is 2. The van der Waals surface area contributed by atoms with E-state index >= 15 is 0 Å². The summed E-state index contributed by atoms with van der Waals surface area (Å²) in [5.41, 5.74) is 4.89. The quantitative estimate of drug-likeness (QED) is 0.206. The van der Waals surface area contributed by atoms with Crippen molar-refractivity contribution in [3.8, 4) is 5.75 Å². The van der Waals surface area contributed by atoms with Crippen molar-refractivity contribution in [1.29, 1.82) is 0 Å². The zero-order valence-electron chi connectivity index (χ0n) is 18.0. The number of halogens is 7. The molecule has 0 amide bonds. The Kier molecular flexibility index (Phi) is 11.5. The molecule has 2 rings (SSSR count). The van der Waals surface area contributed by atoms with Crippen molar-refractivity contribution in [2.75, 3.05) is 19.0 Å². The normalized spacial score (nSPS) is 12.4. The van der Waals surface area contributed by atoms with Crippen LogP contribution in [-0.4, -0.2) is 41.1 Å². The van der Waals surface area contributed by atoms with Gasteiger partial charge in [-0.15, -0.1) is 37.3 Å². The van der Waals surface area contributed by atoms with E-state index in [2.05, 4.69) is 4.74 Å². The van der Waals surface area contributed by atoms with E-state index in [1.165, 1.54) is 30.3 Å². The number of aliphatic hydroxyl groups excluding tert-OH is 2. The Hall–Kier alpha value is -1.66. The van der Waals surface area contributed by atoms with E-state index in [0.29, 0.717) is 24.2 Å². The highest BCUT2D eigenvalue weighted by Gasteiger charge is 2.34. The molecular weight excluding hydrogens is 508 g/mol. The molecule has 0 saturated heterocycles. The molecule has 4 N–H and O–H groups in total. The summed E-state index contributed by atoms with van der Waals surface area (Å²) in [7, 11) is 0. The molecular formula is C22H26ClF6NO3S. The minimum absolute atomic E-state index is 0. The summed E-state index contributed by atoms with van der Waals surface area (Å²) >= 11 is 1.05. The number of alkyl halides is 6. The molecule has 0 heterocycles. The standard InChI is InChI=1S/C22H25F6NO3S.ClH/c23-21(24,25)18-12-16(9-10-20(29,13-30)14-31)5-8-19(18)33-11-1-2-15-3-6-17(7-4-15)32-22(26,27)28;/h3-8,12,30-31H,1-2,9-11,13-14,29H2;1H. The van der Waals surface area contributed by atoms with Gasteiger partial charge >= 0.3 is 12.5 Å². The predicted octanol–water partition coefficient (Wildman–Crippen LogP) is 5.37. The molecule has 0 aromatic heterocycles. The monoisotopic (exact) mass is 533 g/mol. The molecule has 2 aromatic rings. The van der Waals surface area contributed by atoms with Crippen LogP contribution in [0.4, 0.5) is 26.3 Å². The Balaban J connectivity index is 0.00000578. The van der Waals surface area contributed by atoms with Gasteiger partial charge in [-0.25, -0.2) is 0 Å². The zero-order valence-corrected chi connectivity index (χ0v) is 19.6. The Morgan fingerprint density at radius 3 is 1.97 bits per heavy atom. The summed E-state index contributed by atoms with van der Waals surface area (Å²) < 4.78 is 81.0. The SMILES string of the molecule is Cl.NC(CO)(CO)CCc1ccc(SCCCc2ccc(OC(F)(F)F)cc2)c(C(F)(F)F)c1. The maximum absolute atomic E-state index is 13.6. The fourth-order valence-electron chi connectivity index (χ4n) is 3.00. The van der Waals surface area contributed by atoms with Gasteiger partial charge in [0.2, 0.25) is 0 Å². The number of rotatable bonds is 11. The number of hydrogen-bond acceptors (Lipinski definition) is 5. The van der Waals surface area contributed by atoms with Gasteiger partial charge in [-0.3, -0.25) is 0 Å². The van der Waals surface area contributed by atoms with Crippen molar-refractivity contribution < 1.29 is 41.3 Å². The summed E-state index contributed by atoms with van der Waals surface area (Å²) in [6.07, 6.45) is -8.03. The number of ether oxygens (including phenoxy) is 1. The number of nitrogens with two attached hydrogens (primary N) is 1. The van der Waals surface area contributed by atoms with E-state index in [1.54, 1.807) is 6.07 Å². The van der Waals surface area contributed by atoms with Crippen LogP contribution in [0.5, 0.6) is 5.75 Å². The average molecular weight is 534 g/mol.